The van der Waals surface area contributed by atoms with E-state index in [2.05, 4.69) is 4.90 Å². The number of hydrogen-bond donors (Lipinski definition) is 0. The third-order valence-electron chi connectivity index (χ3n) is 5.07. The average molecular weight is 389 g/mol. The van der Waals surface area contributed by atoms with Gasteiger partial charge < -0.3 is 9.64 Å². The van der Waals surface area contributed by atoms with Gasteiger partial charge in [0.1, 0.15) is 5.75 Å². The zero-order valence-electron chi connectivity index (χ0n) is 14.5. The van der Waals surface area contributed by atoms with Gasteiger partial charge in [-0.15, -0.1) is 0 Å². The van der Waals surface area contributed by atoms with Crippen molar-refractivity contribution in [2.75, 3.05) is 51.8 Å². The van der Waals surface area contributed by atoms with Gasteiger partial charge in [0.15, 0.2) is 19.7 Å². The van der Waals surface area contributed by atoms with Crippen molar-refractivity contribution < 1.29 is 21.6 Å². The van der Waals surface area contributed by atoms with Crippen LogP contribution in [0.3, 0.4) is 0 Å². The Kier molecular flexibility index (Phi) is 5.11. The number of ether oxygens (including phenoxy) is 1. The number of hydrogen-bond acceptors (Lipinski definition) is 7. The maximum absolute atomic E-state index is 13.1. The van der Waals surface area contributed by atoms with Crippen molar-refractivity contribution in [3.63, 3.8) is 0 Å². The number of rotatable bonds is 4. The van der Waals surface area contributed by atoms with Gasteiger partial charge in [-0.05, 0) is 31.3 Å². The van der Waals surface area contributed by atoms with Crippen molar-refractivity contribution in [2.24, 2.45) is 0 Å². The number of likely N-dealkylation sites (N-methyl/N-ethyl adjacent to an activating group) is 1. The van der Waals surface area contributed by atoms with Crippen LogP contribution in [0.2, 0.25) is 0 Å². The molecule has 0 spiro atoms. The van der Waals surface area contributed by atoms with E-state index < -0.39 is 31.0 Å². The van der Waals surface area contributed by atoms with Crippen LogP contribution in [-0.4, -0.2) is 89.8 Å². The zero-order chi connectivity index (χ0) is 18.2. The molecule has 0 amide bonds. The van der Waals surface area contributed by atoms with E-state index in [0.29, 0.717) is 18.8 Å². The van der Waals surface area contributed by atoms with E-state index in [1.165, 1.54) is 19.2 Å². The first-order chi connectivity index (χ1) is 11.7. The Morgan fingerprint density at radius 3 is 2.20 bits per heavy atom. The molecule has 1 aromatic carbocycles. The number of methoxy groups -OCH3 is 1. The lowest BCUT2D eigenvalue weighted by molar-refractivity contribution is 0.122. The van der Waals surface area contributed by atoms with E-state index in [1.54, 1.807) is 12.1 Å². The molecule has 0 aliphatic carbocycles. The Morgan fingerprint density at radius 1 is 1.04 bits per heavy atom. The summed E-state index contributed by atoms with van der Waals surface area (Å²) < 4.78 is 55.7. The van der Waals surface area contributed by atoms with Gasteiger partial charge in [0, 0.05) is 32.2 Å². The molecule has 0 aromatic heterocycles. The van der Waals surface area contributed by atoms with Crippen LogP contribution in [0.1, 0.15) is 0 Å². The van der Waals surface area contributed by atoms with Crippen LogP contribution in [0, 0.1) is 0 Å². The summed E-state index contributed by atoms with van der Waals surface area (Å²) in [7, 11) is -3.59. The van der Waals surface area contributed by atoms with Gasteiger partial charge in [-0.25, -0.2) is 16.8 Å². The number of sulfone groups is 2. The molecule has 2 aliphatic rings. The van der Waals surface area contributed by atoms with Crippen molar-refractivity contribution in [3.8, 4) is 5.75 Å². The molecule has 2 heterocycles. The van der Waals surface area contributed by atoms with Crippen LogP contribution in [0.5, 0.6) is 5.75 Å². The third-order valence-corrected chi connectivity index (χ3v) is 9.20. The minimum absolute atomic E-state index is 0.0865. The van der Waals surface area contributed by atoms with Gasteiger partial charge in [-0.1, -0.05) is 0 Å². The molecule has 0 unspecified atom stereocenters. The Morgan fingerprint density at radius 2 is 1.64 bits per heavy atom. The minimum Gasteiger partial charge on any atom is -0.497 e. The summed E-state index contributed by atoms with van der Waals surface area (Å²) in [5.41, 5.74) is 0. The van der Waals surface area contributed by atoms with Gasteiger partial charge in [-0.3, -0.25) is 4.90 Å². The molecule has 0 saturated carbocycles. The van der Waals surface area contributed by atoms with Crippen LogP contribution in [0.25, 0.3) is 0 Å². The van der Waals surface area contributed by atoms with Crippen LogP contribution in [0.15, 0.2) is 29.2 Å². The molecule has 25 heavy (non-hydrogen) atoms. The molecule has 3 rings (SSSR count). The highest BCUT2D eigenvalue weighted by molar-refractivity contribution is 7.96. The van der Waals surface area contributed by atoms with Gasteiger partial charge in [0.05, 0.1) is 28.8 Å². The van der Waals surface area contributed by atoms with E-state index in [4.69, 9.17) is 4.74 Å². The van der Waals surface area contributed by atoms with E-state index in [-0.39, 0.29) is 16.4 Å². The maximum atomic E-state index is 13.1. The molecule has 2 aliphatic heterocycles. The predicted octanol–water partition coefficient (Wildman–Crippen LogP) is -0.118. The van der Waals surface area contributed by atoms with Gasteiger partial charge >= 0.3 is 0 Å². The second kappa shape index (κ2) is 6.86. The molecular weight excluding hydrogens is 364 g/mol. The second-order valence-electron chi connectivity index (χ2n) is 6.74. The van der Waals surface area contributed by atoms with Gasteiger partial charge in [0.2, 0.25) is 0 Å². The molecule has 2 atom stereocenters. The summed E-state index contributed by atoms with van der Waals surface area (Å²) in [6.45, 7) is 2.99. The summed E-state index contributed by atoms with van der Waals surface area (Å²) >= 11 is 0. The Labute approximate surface area is 149 Å². The summed E-state index contributed by atoms with van der Waals surface area (Å²) in [6, 6.07) is 5.66. The van der Waals surface area contributed by atoms with E-state index in [0.717, 1.165) is 13.1 Å². The number of benzene rings is 1. The summed E-state index contributed by atoms with van der Waals surface area (Å²) in [4.78, 5) is 4.33. The van der Waals surface area contributed by atoms with Crippen LogP contribution >= 0.6 is 0 Å². The molecule has 0 radical (unpaired) electrons. The fraction of sp³-hybridized carbons (Fsp3) is 0.625. The third kappa shape index (κ3) is 3.84. The molecule has 9 heteroatoms. The number of piperazine rings is 1. The van der Waals surface area contributed by atoms with Crippen LogP contribution < -0.4 is 4.74 Å². The lowest BCUT2D eigenvalue weighted by atomic mass is 10.2. The summed E-state index contributed by atoms with van der Waals surface area (Å²) in [5.74, 6) is 0.170. The van der Waals surface area contributed by atoms with Crippen molar-refractivity contribution in [1.29, 1.82) is 0 Å². The molecular formula is C16H24N2O5S2. The quantitative estimate of drug-likeness (QED) is 0.711. The molecule has 0 N–H and O–H groups in total. The normalized spacial score (nSPS) is 28.1. The first kappa shape index (κ1) is 18.6. The lowest BCUT2D eigenvalue weighted by Gasteiger charge is -2.37. The van der Waals surface area contributed by atoms with Crippen molar-refractivity contribution in [2.45, 2.75) is 16.2 Å². The summed E-state index contributed by atoms with van der Waals surface area (Å²) in [6.07, 6.45) is 0. The Hall–Kier alpha value is -1.16. The first-order valence-electron chi connectivity index (χ1n) is 8.24. The smallest absolute Gasteiger partial charge is 0.183 e. The van der Waals surface area contributed by atoms with E-state index in [1.807, 2.05) is 11.9 Å². The highest BCUT2D eigenvalue weighted by atomic mass is 32.2. The first-order valence-corrected chi connectivity index (χ1v) is 11.6. The Bertz CT molecular complexity index is 813. The van der Waals surface area contributed by atoms with Crippen LogP contribution in [-0.2, 0) is 19.7 Å². The molecule has 140 valence electrons. The fourth-order valence-electron chi connectivity index (χ4n) is 3.53. The van der Waals surface area contributed by atoms with Crippen molar-refractivity contribution >= 4 is 19.7 Å². The Balaban J connectivity index is 1.91. The number of nitrogens with zero attached hydrogens (tertiary/aromatic N) is 2. The van der Waals surface area contributed by atoms with Gasteiger partial charge in [-0.2, -0.15) is 0 Å². The SMILES string of the molecule is COc1ccc(S(=O)(=O)[C@H]2CS(=O)(=O)C[C@@H]2N2CCN(C)CC2)cc1. The van der Waals surface area contributed by atoms with Crippen LogP contribution in [0.4, 0.5) is 0 Å². The lowest BCUT2D eigenvalue weighted by Crippen LogP contribution is -2.54. The van der Waals surface area contributed by atoms with Gasteiger partial charge in [0.25, 0.3) is 0 Å². The van der Waals surface area contributed by atoms with E-state index >= 15 is 0 Å². The van der Waals surface area contributed by atoms with Crippen molar-refractivity contribution in [3.05, 3.63) is 24.3 Å². The molecule has 2 fully saturated rings. The predicted molar refractivity (Wildman–Crippen MR) is 95.5 cm³/mol. The standard InChI is InChI=1S/C16H24N2O5S2/c1-17-7-9-18(10-8-17)15-11-24(19,20)12-16(15)25(21,22)14-5-3-13(23-2)4-6-14/h3-6,15-16H,7-12H2,1-2H3/t15-,16-/m0/s1. The fourth-order valence-corrected chi connectivity index (χ4v) is 8.36. The molecule has 1 aromatic rings. The minimum atomic E-state index is -3.74. The monoisotopic (exact) mass is 388 g/mol. The average Bonchev–Trinajstić information content (AvgIpc) is 2.92. The largest absolute Gasteiger partial charge is 0.497 e. The topological polar surface area (TPSA) is 84.0 Å². The maximum Gasteiger partial charge on any atom is 0.183 e. The molecule has 7 nitrogen and oxygen atoms in total. The zero-order valence-corrected chi connectivity index (χ0v) is 16.1. The highest BCUT2D eigenvalue weighted by Gasteiger charge is 2.48. The summed E-state index contributed by atoms with van der Waals surface area (Å²) in [5, 5.41) is -0.922. The second-order valence-corrected chi connectivity index (χ2v) is 11.1. The highest BCUT2D eigenvalue weighted by Crippen LogP contribution is 2.30. The molecule has 0 bridgehead atoms. The molecule has 2 saturated heterocycles. The van der Waals surface area contributed by atoms with Crippen molar-refractivity contribution in [1.82, 2.24) is 9.80 Å². The van der Waals surface area contributed by atoms with E-state index in [9.17, 15) is 16.8 Å².